The molecule has 3 aliphatic carbocycles. The first-order valence-corrected chi connectivity index (χ1v) is 9.03. The number of rotatable bonds is 4. The van der Waals surface area contributed by atoms with E-state index in [1.165, 1.54) is 16.9 Å². The zero-order valence-corrected chi connectivity index (χ0v) is 13.7. The van der Waals surface area contributed by atoms with Crippen molar-refractivity contribution in [1.29, 1.82) is 0 Å². The predicted octanol–water partition coefficient (Wildman–Crippen LogP) is 3.48. The van der Waals surface area contributed by atoms with Gasteiger partial charge in [-0.1, -0.05) is 24.3 Å². The van der Waals surface area contributed by atoms with Crippen LogP contribution in [0.15, 0.2) is 36.1 Å². The van der Waals surface area contributed by atoms with Crippen LogP contribution in [0, 0.1) is 17.8 Å². The van der Waals surface area contributed by atoms with Crippen molar-refractivity contribution in [2.24, 2.45) is 17.8 Å². The first-order valence-electron chi connectivity index (χ1n) is 7.64. The van der Waals surface area contributed by atoms with Crippen molar-refractivity contribution in [3.63, 3.8) is 0 Å². The molecule has 21 heavy (non-hydrogen) atoms. The SMILES string of the molecule is COC1=C[C@@H]2[C@H]([C@@H]3c4ccccc4C[C@H]13)[C@]2(CSC)OC. The Morgan fingerprint density at radius 2 is 2.10 bits per heavy atom. The first-order chi connectivity index (χ1) is 10.3. The Balaban J connectivity index is 1.79. The normalized spacial score (nSPS) is 39.1. The monoisotopic (exact) mass is 302 g/mol. The Labute approximate surface area is 130 Å². The molecule has 0 aliphatic heterocycles. The van der Waals surface area contributed by atoms with Gasteiger partial charge in [0.1, 0.15) is 0 Å². The van der Waals surface area contributed by atoms with Gasteiger partial charge in [0.15, 0.2) is 0 Å². The summed E-state index contributed by atoms with van der Waals surface area (Å²) >= 11 is 1.89. The van der Waals surface area contributed by atoms with Gasteiger partial charge in [-0.2, -0.15) is 11.8 Å². The minimum absolute atomic E-state index is 0.0140. The second-order valence-corrected chi connectivity index (χ2v) is 7.32. The van der Waals surface area contributed by atoms with Crippen LogP contribution >= 0.6 is 11.8 Å². The summed E-state index contributed by atoms with van der Waals surface area (Å²) in [6, 6.07) is 8.92. The van der Waals surface area contributed by atoms with Crippen LogP contribution in [0.1, 0.15) is 17.0 Å². The number of benzene rings is 1. The lowest BCUT2D eigenvalue weighted by atomic mass is 9.82. The largest absolute Gasteiger partial charge is 0.501 e. The van der Waals surface area contributed by atoms with Gasteiger partial charge >= 0.3 is 0 Å². The van der Waals surface area contributed by atoms with Crippen molar-refractivity contribution in [3.8, 4) is 0 Å². The second-order valence-electron chi connectivity index (χ2n) is 6.45. The van der Waals surface area contributed by atoms with Crippen molar-refractivity contribution in [3.05, 3.63) is 47.2 Å². The Bertz CT molecular complexity index is 597. The van der Waals surface area contributed by atoms with E-state index in [-0.39, 0.29) is 5.60 Å². The molecule has 0 unspecified atom stereocenters. The van der Waals surface area contributed by atoms with E-state index in [4.69, 9.17) is 9.47 Å². The third kappa shape index (κ3) is 1.71. The maximum atomic E-state index is 6.03. The number of allylic oxidation sites excluding steroid dienone is 1. The summed E-state index contributed by atoms with van der Waals surface area (Å²) in [5.41, 5.74) is 3.04. The van der Waals surface area contributed by atoms with Gasteiger partial charge in [-0.15, -0.1) is 0 Å². The van der Waals surface area contributed by atoms with Crippen molar-refractivity contribution < 1.29 is 9.47 Å². The lowest BCUT2D eigenvalue weighted by Crippen LogP contribution is -2.24. The molecule has 0 aromatic heterocycles. The summed E-state index contributed by atoms with van der Waals surface area (Å²) in [5.74, 6) is 4.45. The van der Waals surface area contributed by atoms with Gasteiger partial charge < -0.3 is 9.47 Å². The molecule has 3 aliphatic rings. The molecule has 0 heterocycles. The van der Waals surface area contributed by atoms with Crippen LogP contribution in [0.5, 0.6) is 0 Å². The summed E-state index contributed by atoms with van der Waals surface area (Å²) in [4.78, 5) is 0. The van der Waals surface area contributed by atoms with Gasteiger partial charge in [0.25, 0.3) is 0 Å². The summed E-state index contributed by atoms with van der Waals surface area (Å²) in [6.07, 6.45) is 5.65. The number of ether oxygens (including phenoxy) is 2. The zero-order valence-electron chi connectivity index (χ0n) is 12.8. The van der Waals surface area contributed by atoms with Crippen molar-refractivity contribution >= 4 is 11.8 Å². The third-order valence-electron chi connectivity index (χ3n) is 5.78. The van der Waals surface area contributed by atoms with Crippen LogP contribution in [0.2, 0.25) is 0 Å². The lowest BCUT2D eigenvalue weighted by molar-refractivity contribution is 0.0746. The molecule has 0 bridgehead atoms. The van der Waals surface area contributed by atoms with E-state index in [0.29, 0.717) is 23.7 Å². The second kappa shape index (κ2) is 4.79. The van der Waals surface area contributed by atoms with E-state index in [1.807, 2.05) is 26.0 Å². The van der Waals surface area contributed by atoms with E-state index in [2.05, 4.69) is 36.6 Å². The Morgan fingerprint density at radius 1 is 1.29 bits per heavy atom. The molecule has 4 rings (SSSR count). The molecule has 112 valence electrons. The standard InChI is InChI=1S/C18H22O2S/c1-19-15-9-14-17(18(14,20-2)10-21-3)16-12-7-5-4-6-11(12)8-13(15)16/h4-7,9,13-14,16-17H,8,10H2,1-3H3/t13-,14-,16-,17-,18-/m1/s1. The molecule has 0 spiro atoms. The summed E-state index contributed by atoms with van der Waals surface area (Å²) in [7, 11) is 3.70. The molecular weight excluding hydrogens is 280 g/mol. The zero-order chi connectivity index (χ0) is 14.6. The molecule has 3 heteroatoms. The highest BCUT2D eigenvalue weighted by Crippen LogP contribution is 2.68. The highest BCUT2D eigenvalue weighted by atomic mass is 32.2. The van der Waals surface area contributed by atoms with Gasteiger partial charge in [-0.25, -0.2) is 0 Å². The first kappa shape index (κ1) is 13.7. The molecule has 5 atom stereocenters. The van der Waals surface area contributed by atoms with Gasteiger partial charge in [-0.05, 0) is 29.9 Å². The highest BCUT2D eigenvalue weighted by molar-refractivity contribution is 7.98. The third-order valence-corrected chi connectivity index (χ3v) is 6.52. The van der Waals surface area contributed by atoms with Crippen LogP contribution in [0.4, 0.5) is 0 Å². The van der Waals surface area contributed by atoms with E-state index in [9.17, 15) is 0 Å². The quantitative estimate of drug-likeness (QED) is 0.848. The summed E-state index contributed by atoms with van der Waals surface area (Å²) in [6.45, 7) is 0. The number of thioether (sulfide) groups is 1. The van der Waals surface area contributed by atoms with E-state index < -0.39 is 0 Å². The summed E-state index contributed by atoms with van der Waals surface area (Å²) in [5, 5.41) is 0. The molecule has 2 nitrogen and oxygen atoms in total. The molecular formula is C18H22O2S. The topological polar surface area (TPSA) is 18.5 Å². The average molecular weight is 302 g/mol. The van der Waals surface area contributed by atoms with Gasteiger partial charge in [0, 0.05) is 36.5 Å². The van der Waals surface area contributed by atoms with Crippen LogP contribution in [-0.4, -0.2) is 31.8 Å². The van der Waals surface area contributed by atoms with E-state index in [0.717, 1.165) is 12.2 Å². The molecule has 0 saturated heterocycles. The lowest BCUT2D eigenvalue weighted by Gasteiger charge is -2.26. The van der Waals surface area contributed by atoms with Crippen LogP contribution < -0.4 is 0 Å². The molecule has 1 aromatic carbocycles. The molecule has 0 amide bonds. The Hall–Kier alpha value is -0.930. The predicted molar refractivity (Wildman–Crippen MR) is 86.6 cm³/mol. The van der Waals surface area contributed by atoms with Gasteiger partial charge in [-0.3, -0.25) is 0 Å². The maximum absolute atomic E-state index is 6.03. The van der Waals surface area contributed by atoms with Crippen molar-refractivity contribution in [2.75, 3.05) is 26.2 Å². The average Bonchev–Trinajstić information content (AvgIpc) is 2.97. The fraction of sp³-hybridized carbons (Fsp3) is 0.556. The van der Waals surface area contributed by atoms with E-state index in [1.54, 1.807) is 0 Å². The smallest absolute Gasteiger partial charge is 0.0960 e. The molecule has 1 saturated carbocycles. The number of fused-ring (bicyclic) bond motifs is 5. The molecule has 0 N–H and O–H groups in total. The maximum Gasteiger partial charge on any atom is 0.0960 e. The van der Waals surface area contributed by atoms with Crippen molar-refractivity contribution in [1.82, 2.24) is 0 Å². The Morgan fingerprint density at radius 3 is 2.81 bits per heavy atom. The highest BCUT2D eigenvalue weighted by Gasteiger charge is 2.71. The minimum atomic E-state index is 0.0140. The molecule has 0 radical (unpaired) electrons. The number of methoxy groups -OCH3 is 2. The van der Waals surface area contributed by atoms with Gasteiger partial charge in [0.2, 0.25) is 0 Å². The van der Waals surface area contributed by atoms with Gasteiger partial charge in [0.05, 0.1) is 18.5 Å². The van der Waals surface area contributed by atoms with Crippen LogP contribution in [0.25, 0.3) is 0 Å². The molecule has 1 aromatic rings. The Kier molecular flexibility index (Phi) is 3.13. The van der Waals surface area contributed by atoms with Crippen molar-refractivity contribution in [2.45, 2.75) is 17.9 Å². The minimum Gasteiger partial charge on any atom is -0.501 e. The fourth-order valence-electron chi connectivity index (χ4n) is 4.86. The summed E-state index contributed by atoms with van der Waals surface area (Å²) < 4.78 is 11.8. The fourth-order valence-corrected chi connectivity index (χ4v) is 5.82. The van der Waals surface area contributed by atoms with E-state index >= 15 is 0 Å². The van der Waals surface area contributed by atoms with Crippen LogP contribution in [0.3, 0.4) is 0 Å². The number of hydrogen-bond donors (Lipinski definition) is 0. The van der Waals surface area contributed by atoms with Crippen LogP contribution in [-0.2, 0) is 15.9 Å². The molecule has 1 fully saturated rings. The number of hydrogen-bond acceptors (Lipinski definition) is 3.